The van der Waals surface area contributed by atoms with Crippen molar-refractivity contribution >= 4 is 16.8 Å². The summed E-state index contributed by atoms with van der Waals surface area (Å²) < 4.78 is 5.78. The van der Waals surface area contributed by atoms with Gasteiger partial charge in [-0.15, -0.1) is 0 Å². The van der Waals surface area contributed by atoms with Crippen LogP contribution in [0.4, 0.5) is 0 Å². The maximum absolute atomic E-state index is 13.0. The number of nitrogens with one attached hydrogen (secondary N) is 1. The average Bonchev–Trinajstić information content (AvgIpc) is 2.73. The Morgan fingerprint density at radius 3 is 2.62 bits per heavy atom. The molecule has 6 heteroatoms. The number of para-hydroxylation sites is 1. The summed E-state index contributed by atoms with van der Waals surface area (Å²) in [5.74, 6) is -0.0757. The lowest BCUT2D eigenvalue weighted by Gasteiger charge is -2.35. The summed E-state index contributed by atoms with van der Waals surface area (Å²) in [6.07, 6.45) is 3.91. The molecule has 1 N–H and O–H groups in total. The molecule has 29 heavy (non-hydrogen) atoms. The van der Waals surface area contributed by atoms with Crippen LogP contribution in [0.25, 0.3) is 22.2 Å². The molecule has 0 saturated carbocycles. The minimum atomic E-state index is -0.0757. The van der Waals surface area contributed by atoms with Crippen molar-refractivity contribution in [3.05, 3.63) is 60.4 Å². The van der Waals surface area contributed by atoms with Crippen LogP contribution in [0.2, 0.25) is 0 Å². The van der Waals surface area contributed by atoms with E-state index in [2.05, 4.69) is 29.0 Å². The number of nitrogens with zero attached hydrogens (tertiary/aromatic N) is 3. The van der Waals surface area contributed by atoms with Crippen LogP contribution in [0.3, 0.4) is 0 Å². The maximum Gasteiger partial charge on any atom is 0.252 e. The molecule has 3 heterocycles. The van der Waals surface area contributed by atoms with E-state index in [1.54, 1.807) is 12.4 Å². The second-order valence-electron chi connectivity index (χ2n) is 7.58. The monoisotopic (exact) mass is 390 g/mol. The number of carbonyl (C=O) groups excluding carboxylic acids is 1. The highest BCUT2D eigenvalue weighted by Gasteiger charge is 2.22. The molecule has 3 aromatic rings. The summed E-state index contributed by atoms with van der Waals surface area (Å²) in [6, 6.07) is 13.4. The van der Waals surface area contributed by atoms with Crippen molar-refractivity contribution in [2.75, 3.05) is 26.2 Å². The molecule has 150 valence electrons. The van der Waals surface area contributed by atoms with E-state index in [9.17, 15) is 4.79 Å². The van der Waals surface area contributed by atoms with Gasteiger partial charge in [0, 0.05) is 49.5 Å². The molecular weight excluding hydrogens is 364 g/mol. The van der Waals surface area contributed by atoms with E-state index >= 15 is 0 Å². The second kappa shape index (κ2) is 8.68. The van der Waals surface area contributed by atoms with Crippen molar-refractivity contribution in [1.29, 1.82) is 0 Å². The number of carbonyl (C=O) groups is 1. The summed E-state index contributed by atoms with van der Waals surface area (Å²) in [7, 11) is 0. The molecule has 4 rings (SSSR count). The number of amides is 1. The molecule has 0 radical (unpaired) electrons. The van der Waals surface area contributed by atoms with Gasteiger partial charge in [-0.2, -0.15) is 0 Å². The van der Waals surface area contributed by atoms with Gasteiger partial charge in [-0.05, 0) is 38.1 Å². The Balaban J connectivity index is 1.52. The first kappa shape index (κ1) is 19.5. The van der Waals surface area contributed by atoms with Gasteiger partial charge < -0.3 is 10.1 Å². The number of fused-ring (bicyclic) bond motifs is 1. The molecule has 6 nitrogen and oxygen atoms in total. The first-order valence-corrected chi connectivity index (χ1v) is 10.1. The third-order valence-electron chi connectivity index (χ3n) is 5.15. The normalized spacial score (nSPS) is 19.9. The lowest BCUT2D eigenvalue weighted by Crippen LogP contribution is -2.47. The smallest absolute Gasteiger partial charge is 0.252 e. The first-order chi connectivity index (χ1) is 14.1. The summed E-state index contributed by atoms with van der Waals surface area (Å²) in [6.45, 7) is 7.37. The predicted octanol–water partition coefficient (Wildman–Crippen LogP) is 3.14. The van der Waals surface area contributed by atoms with Gasteiger partial charge in [-0.3, -0.25) is 14.7 Å². The zero-order valence-corrected chi connectivity index (χ0v) is 16.8. The summed E-state index contributed by atoms with van der Waals surface area (Å²) in [4.78, 5) is 24.2. The molecule has 1 amide bonds. The number of benzene rings is 1. The van der Waals surface area contributed by atoms with Crippen molar-refractivity contribution < 1.29 is 9.53 Å². The van der Waals surface area contributed by atoms with Gasteiger partial charge >= 0.3 is 0 Å². The summed E-state index contributed by atoms with van der Waals surface area (Å²) >= 11 is 0. The van der Waals surface area contributed by atoms with Crippen LogP contribution < -0.4 is 5.32 Å². The quantitative estimate of drug-likeness (QED) is 0.725. The molecule has 0 unspecified atom stereocenters. The number of rotatable bonds is 5. The summed E-state index contributed by atoms with van der Waals surface area (Å²) in [5, 5.41) is 3.94. The van der Waals surface area contributed by atoms with Crippen molar-refractivity contribution in [1.82, 2.24) is 20.2 Å². The zero-order valence-electron chi connectivity index (χ0n) is 16.8. The number of aromatic nitrogens is 2. The van der Waals surface area contributed by atoms with E-state index in [1.807, 2.05) is 42.5 Å². The molecule has 1 aliphatic rings. The van der Waals surface area contributed by atoms with Crippen LogP contribution in [-0.4, -0.2) is 59.2 Å². The fourth-order valence-corrected chi connectivity index (χ4v) is 3.92. The van der Waals surface area contributed by atoms with E-state index in [4.69, 9.17) is 9.72 Å². The van der Waals surface area contributed by atoms with Gasteiger partial charge in [0.15, 0.2) is 0 Å². The molecule has 1 saturated heterocycles. The van der Waals surface area contributed by atoms with Gasteiger partial charge in [-0.1, -0.05) is 18.2 Å². The topological polar surface area (TPSA) is 67.4 Å². The van der Waals surface area contributed by atoms with Crippen molar-refractivity contribution in [2.24, 2.45) is 0 Å². The minimum absolute atomic E-state index is 0.0757. The number of pyridine rings is 2. The third-order valence-corrected chi connectivity index (χ3v) is 5.15. The van der Waals surface area contributed by atoms with E-state index in [0.717, 1.165) is 41.8 Å². The highest BCUT2D eigenvalue weighted by atomic mass is 16.5. The Bertz CT molecular complexity index is 983. The van der Waals surface area contributed by atoms with Crippen molar-refractivity contribution in [3.8, 4) is 11.3 Å². The number of hydrogen-bond donors (Lipinski definition) is 1. The number of morpholine rings is 1. The molecule has 1 aromatic carbocycles. The van der Waals surface area contributed by atoms with E-state index in [0.29, 0.717) is 12.1 Å². The van der Waals surface area contributed by atoms with Crippen LogP contribution in [0.1, 0.15) is 24.2 Å². The van der Waals surface area contributed by atoms with Crippen LogP contribution in [0.15, 0.2) is 54.9 Å². The molecule has 0 aliphatic carbocycles. The molecule has 0 bridgehead atoms. The fraction of sp³-hybridized carbons (Fsp3) is 0.348. The molecule has 2 atom stereocenters. The van der Waals surface area contributed by atoms with Gasteiger partial charge in [0.25, 0.3) is 5.91 Å². The predicted molar refractivity (Wildman–Crippen MR) is 114 cm³/mol. The van der Waals surface area contributed by atoms with Gasteiger partial charge in [0.2, 0.25) is 0 Å². The molecule has 1 fully saturated rings. The van der Waals surface area contributed by atoms with Crippen LogP contribution in [0, 0.1) is 0 Å². The highest BCUT2D eigenvalue weighted by molar-refractivity contribution is 6.07. The van der Waals surface area contributed by atoms with Crippen molar-refractivity contribution in [2.45, 2.75) is 26.1 Å². The highest BCUT2D eigenvalue weighted by Crippen LogP contribution is 2.24. The lowest BCUT2D eigenvalue weighted by atomic mass is 10.0. The molecule has 1 aliphatic heterocycles. The van der Waals surface area contributed by atoms with Crippen LogP contribution >= 0.6 is 0 Å². The van der Waals surface area contributed by atoms with E-state index in [-0.39, 0.29) is 18.1 Å². The Kier molecular flexibility index (Phi) is 5.83. The van der Waals surface area contributed by atoms with Crippen LogP contribution in [0.5, 0.6) is 0 Å². The van der Waals surface area contributed by atoms with Gasteiger partial charge in [0.1, 0.15) is 0 Å². The average molecular weight is 390 g/mol. The Morgan fingerprint density at radius 1 is 1.14 bits per heavy atom. The lowest BCUT2D eigenvalue weighted by molar-refractivity contribution is -0.0672. The minimum Gasteiger partial charge on any atom is -0.373 e. The van der Waals surface area contributed by atoms with Gasteiger partial charge in [-0.25, -0.2) is 4.98 Å². The third kappa shape index (κ3) is 4.60. The molecule has 0 spiro atoms. The standard InChI is InChI=1S/C23H26N4O2/c1-16-14-27(15-17(2)29-16)12-11-25-23(28)20-13-22(18-7-9-24-10-8-18)26-21-6-4-3-5-19(20)21/h3-10,13,16-17H,11-12,14-15H2,1-2H3,(H,25,28)/t16-,17+. The van der Waals surface area contributed by atoms with Crippen LogP contribution in [-0.2, 0) is 4.74 Å². The van der Waals surface area contributed by atoms with E-state index in [1.165, 1.54) is 0 Å². The van der Waals surface area contributed by atoms with Gasteiger partial charge in [0.05, 0.1) is 29.0 Å². The first-order valence-electron chi connectivity index (χ1n) is 10.1. The zero-order chi connectivity index (χ0) is 20.2. The summed E-state index contributed by atoms with van der Waals surface area (Å²) in [5.41, 5.74) is 3.16. The second-order valence-corrected chi connectivity index (χ2v) is 7.58. The molecular formula is C23H26N4O2. The largest absolute Gasteiger partial charge is 0.373 e. The maximum atomic E-state index is 13.0. The Labute approximate surface area is 170 Å². The Morgan fingerprint density at radius 2 is 1.86 bits per heavy atom. The van der Waals surface area contributed by atoms with Crippen molar-refractivity contribution in [3.63, 3.8) is 0 Å². The fourth-order valence-electron chi connectivity index (χ4n) is 3.92. The molecule has 2 aromatic heterocycles. The number of hydrogen-bond acceptors (Lipinski definition) is 5. The van der Waals surface area contributed by atoms with E-state index < -0.39 is 0 Å². The Hall–Kier alpha value is -2.83. The SMILES string of the molecule is C[C@@H]1CN(CCNC(=O)c2cc(-c3ccncc3)nc3ccccc23)C[C@H](C)O1. The number of ether oxygens (including phenoxy) is 1.